The van der Waals surface area contributed by atoms with Crippen molar-refractivity contribution in [2.75, 3.05) is 20.6 Å². The second-order valence-corrected chi connectivity index (χ2v) is 3.96. The number of aromatic nitrogens is 2. The summed E-state index contributed by atoms with van der Waals surface area (Å²) in [6.45, 7) is 4.36. The highest BCUT2D eigenvalue weighted by molar-refractivity contribution is 5.95. The lowest BCUT2D eigenvalue weighted by molar-refractivity contribution is -0.127. The van der Waals surface area contributed by atoms with Gasteiger partial charge in [-0.15, -0.1) is 0 Å². The first kappa shape index (κ1) is 13.2. The van der Waals surface area contributed by atoms with Gasteiger partial charge in [0, 0.05) is 20.6 Å². The number of hydrogen-bond donors (Lipinski definition) is 1. The molecule has 1 N–H and O–H groups in total. The fourth-order valence-corrected chi connectivity index (χ4v) is 1.37. The molecule has 0 aliphatic carbocycles. The normalized spacial score (nSPS) is 10.1. The largest absolute Gasteiger partial charge is 0.347 e. The van der Waals surface area contributed by atoms with Gasteiger partial charge in [0.25, 0.3) is 5.91 Å². The van der Waals surface area contributed by atoms with Crippen molar-refractivity contribution in [3.05, 3.63) is 17.5 Å². The summed E-state index contributed by atoms with van der Waals surface area (Å²) in [5.74, 6) is -0.416. The van der Waals surface area contributed by atoms with Gasteiger partial charge in [0.05, 0.1) is 12.2 Å². The number of likely N-dealkylation sites (N-methyl/N-ethyl adjacent to an activating group) is 1. The van der Waals surface area contributed by atoms with Gasteiger partial charge in [-0.1, -0.05) is 0 Å². The molecule has 94 valence electrons. The van der Waals surface area contributed by atoms with E-state index >= 15 is 0 Å². The molecule has 0 aromatic carbocycles. The van der Waals surface area contributed by atoms with Crippen molar-refractivity contribution >= 4 is 11.8 Å². The zero-order chi connectivity index (χ0) is 13.0. The summed E-state index contributed by atoms with van der Waals surface area (Å²) in [5, 5.41) is 6.75. The Morgan fingerprint density at radius 1 is 1.47 bits per heavy atom. The van der Waals surface area contributed by atoms with Crippen molar-refractivity contribution in [1.82, 2.24) is 20.0 Å². The number of aryl methyl sites for hydroxylation is 2. The maximum atomic E-state index is 11.8. The number of nitrogens with one attached hydrogen (secondary N) is 1. The number of carbonyl (C=O) groups excluding carboxylic acids is 2. The van der Waals surface area contributed by atoms with Gasteiger partial charge in [-0.2, -0.15) is 5.10 Å². The Morgan fingerprint density at radius 3 is 2.65 bits per heavy atom. The smallest absolute Gasteiger partial charge is 0.269 e. The molecule has 0 saturated heterocycles. The molecular weight excluding hydrogens is 220 g/mol. The van der Waals surface area contributed by atoms with Crippen molar-refractivity contribution in [2.24, 2.45) is 0 Å². The van der Waals surface area contributed by atoms with Crippen LogP contribution in [-0.2, 0) is 11.3 Å². The fraction of sp³-hybridized carbons (Fsp3) is 0.545. The van der Waals surface area contributed by atoms with E-state index in [-0.39, 0.29) is 18.4 Å². The van der Waals surface area contributed by atoms with E-state index in [4.69, 9.17) is 0 Å². The van der Waals surface area contributed by atoms with E-state index in [1.54, 1.807) is 24.8 Å². The molecule has 1 aromatic rings. The molecule has 0 saturated carbocycles. The first-order chi connectivity index (χ1) is 7.95. The van der Waals surface area contributed by atoms with Crippen LogP contribution in [0.3, 0.4) is 0 Å². The molecule has 0 bridgehead atoms. The molecule has 0 aliphatic rings. The minimum atomic E-state index is -0.275. The Labute approximate surface area is 101 Å². The molecule has 2 amide bonds. The topological polar surface area (TPSA) is 67.2 Å². The molecule has 0 fully saturated rings. The third-order valence-corrected chi connectivity index (χ3v) is 2.33. The summed E-state index contributed by atoms with van der Waals surface area (Å²) >= 11 is 0. The van der Waals surface area contributed by atoms with Crippen LogP contribution in [0, 0.1) is 6.92 Å². The zero-order valence-corrected chi connectivity index (χ0v) is 10.6. The summed E-state index contributed by atoms with van der Waals surface area (Å²) in [6.07, 6.45) is 0. The third kappa shape index (κ3) is 3.30. The monoisotopic (exact) mass is 238 g/mol. The van der Waals surface area contributed by atoms with Gasteiger partial charge in [-0.05, 0) is 19.9 Å². The highest BCUT2D eigenvalue weighted by atomic mass is 16.2. The van der Waals surface area contributed by atoms with Crippen LogP contribution in [0.5, 0.6) is 0 Å². The highest BCUT2D eigenvalue weighted by Gasteiger charge is 2.14. The quantitative estimate of drug-likeness (QED) is 0.804. The third-order valence-electron chi connectivity index (χ3n) is 2.33. The maximum absolute atomic E-state index is 11.8. The molecule has 6 nitrogen and oxygen atoms in total. The Morgan fingerprint density at radius 2 is 2.12 bits per heavy atom. The Balaban J connectivity index is 2.67. The van der Waals surface area contributed by atoms with Gasteiger partial charge in [0.2, 0.25) is 5.91 Å². The molecule has 1 heterocycles. The molecule has 0 atom stereocenters. The molecule has 0 spiro atoms. The Hall–Kier alpha value is -1.85. The van der Waals surface area contributed by atoms with Crippen LogP contribution in [-0.4, -0.2) is 47.1 Å². The summed E-state index contributed by atoms with van der Waals surface area (Å²) < 4.78 is 1.62. The Kier molecular flexibility index (Phi) is 4.25. The van der Waals surface area contributed by atoms with Gasteiger partial charge in [0.15, 0.2) is 0 Å². The van der Waals surface area contributed by atoms with Crippen molar-refractivity contribution in [3.63, 3.8) is 0 Å². The standard InChI is InChI=1S/C11H18N4O2/c1-5-15-9(6-8(2)13-15)11(17)12-7-10(16)14(3)4/h6H,5,7H2,1-4H3,(H,12,17). The van der Waals surface area contributed by atoms with Gasteiger partial charge in [-0.3, -0.25) is 14.3 Å². The second-order valence-electron chi connectivity index (χ2n) is 3.96. The average molecular weight is 238 g/mol. The van der Waals surface area contributed by atoms with Crippen molar-refractivity contribution < 1.29 is 9.59 Å². The first-order valence-electron chi connectivity index (χ1n) is 5.48. The van der Waals surface area contributed by atoms with Gasteiger partial charge in [0.1, 0.15) is 5.69 Å². The summed E-state index contributed by atoms with van der Waals surface area (Å²) in [5.41, 5.74) is 1.27. The van der Waals surface area contributed by atoms with Crippen molar-refractivity contribution in [3.8, 4) is 0 Å². The number of rotatable bonds is 4. The molecule has 6 heteroatoms. The molecule has 1 aromatic heterocycles. The van der Waals surface area contributed by atoms with Gasteiger partial charge in [-0.25, -0.2) is 0 Å². The fourth-order valence-electron chi connectivity index (χ4n) is 1.37. The summed E-state index contributed by atoms with van der Waals surface area (Å²) in [7, 11) is 3.30. The predicted octanol–water partition coefficient (Wildman–Crippen LogP) is 0.0294. The van der Waals surface area contributed by atoms with Crippen molar-refractivity contribution in [2.45, 2.75) is 20.4 Å². The van der Waals surface area contributed by atoms with Crippen LogP contribution in [0.4, 0.5) is 0 Å². The first-order valence-corrected chi connectivity index (χ1v) is 5.48. The highest BCUT2D eigenvalue weighted by Crippen LogP contribution is 2.03. The van der Waals surface area contributed by atoms with Gasteiger partial charge >= 0.3 is 0 Å². The van der Waals surface area contributed by atoms with Gasteiger partial charge < -0.3 is 10.2 Å². The minimum Gasteiger partial charge on any atom is -0.347 e. The number of amides is 2. The van der Waals surface area contributed by atoms with Crippen LogP contribution in [0.2, 0.25) is 0 Å². The lowest BCUT2D eigenvalue weighted by Crippen LogP contribution is -2.37. The number of carbonyl (C=O) groups is 2. The molecule has 17 heavy (non-hydrogen) atoms. The minimum absolute atomic E-state index is 0.000223. The molecule has 0 unspecified atom stereocenters. The van der Waals surface area contributed by atoms with E-state index < -0.39 is 0 Å². The summed E-state index contributed by atoms with van der Waals surface area (Å²) in [6, 6.07) is 1.71. The number of hydrogen-bond acceptors (Lipinski definition) is 3. The SMILES string of the molecule is CCn1nc(C)cc1C(=O)NCC(=O)N(C)C. The zero-order valence-electron chi connectivity index (χ0n) is 10.6. The van der Waals surface area contributed by atoms with Crippen LogP contribution in [0.15, 0.2) is 6.07 Å². The molecule has 0 radical (unpaired) electrons. The van der Waals surface area contributed by atoms with E-state index in [0.29, 0.717) is 12.2 Å². The van der Waals surface area contributed by atoms with Crippen LogP contribution >= 0.6 is 0 Å². The van der Waals surface area contributed by atoms with Crippen LogP contribution in [0.25, 0.3) is 0 Å². The summed E-state index contributed by atoms with van der Waals surface area (Å²) in [4.78, 5) is 24.6. The van der Waals surface area contributed by atoms with Crippen molar-refractivity contribution in [1.29, 1.82) is 0 Å². The lowest BCUT2D eigenvalue weighted by atomic mass is 10.3. The molecule has 1 rings (SSSR count). The van der Waals surface area contributed by atoms with Crippen LogP contribution in [0.1, 0.15) is 23.1 Å². The van der Waals surface area contributed by atoms with E-state index in [1.807, 2.05) is 13.8 Å². The van der Waals surface area contributed by atoms with E-state index in [1.165, 1.54) is 4.90 Å². The molecule has 0 aliphatic heterocycles. The van der Waals surface area contributed by atoms with E-state index in [0.717, 1.165) is 5.69 Å². The predicted molar refractivity (Wildman–Crippen MR) is 63.7 cm³/mol. The second kappa shape index (κ2) is 5.47. The van der Waals surface area contributed by atoms with E-state index in [2.05, 4.69) is 10.4 Å². The van der Waals surface area contributed by atoms with E-state index in [9.17, 15) is 9.59 Å². The number of nitrogens with zero attached hydrogens (tertiary/aromatic N) is 3. The maximum Gasteiger partial charge on any atom is 0.269 e. The van der Waals surface area contributed by atoms with Crippen LogP contribution < -0.4 is 5.32 Å². The lowest BCUT2D eigenvalue weighted by Gasteiger charge is -2.11. The molecular formula is C11H18N4O2. The Bertz CT molecular complexity index is 423. The average Bonchev–Trinajstić information content (AvgIpc) is 2.66.